The molecule has 0 saturated heterocycles. The van der Waals surface area contributed by atoms with E-state index in [1.54, 1.807) is 0 Å². The first-order valence-corrected chi connectivity index (χ1v) is 6.46. The van der Waals surface area contributed by atoms with Crippen LogP contribution < -0.4 is 5.30 Å². The van der Waals surface area contributed by atoms with Gasteiger partial charge in [0.1, 0.15) is 0 Å². The van der Waals surface area contributed by atoms with Crippen LogP contribution in [0.25, 0.3) is 16.8 Å². The first-order chi connectivity index (χ1) is 7.58. The van der Waals surface area contributed by atoms with Crippen molar-refractivity contribution in [3.63, 3.8) is 0 Å². The summed E-state index contributed by atoms with van der Waals surface area (Å²) < 4.78 is 0. The highest BCUT2D eigenvalue weighted by Gasteiger charge is 2.01. The van der Waals surface area contributed by atoms with Gasteiger partial charge in [0.05, 0.1) is 0 Å². The second-order valence-corrected chi connectivity index (χ2v) is 5.73. The zero-order valence-corrected chi connectivity index (χ0v) is 11.9. The standard InChI is InChI=1S/C14H16P2/c1-9(15)7-11-3-4-12-8-13(16)5-6-14(12)10(11)2/h3-8H,15-16H2,1-2H3/b9-7+. The lowest BCUT2D eigenvalue weighted by atomic mass is 10.00. The monoisotopic (exact) mass is 246 g/mol. The van der Waals surface area contributed by atoms with E-state index in [4.69, 9.17) is 0 Å². The van der Waals surface area contributed by atoms with Gasteiger partial charge in [0.25, 0.3) is 0 Å². The summed E-state index contributed by atoms with van der Waals surface area (Å²) in [6, 6.07) is 10.9. The fraction of sp³-hybridized carbons (Fsp3) is 0.143. The molecule has 0 aromatic heterocycles. The molecular weight excluding hydrogens is 230 g/mol. The molecule has 0 nitrogen and oxygen atoms in total. The minimum Gasteiger partial charge on any atom is -0.110 e. The van der Waals surface area contributed by atoms with Crippen LogP contribution in [0.1, 0.15) is 18.1 Å². The Labute approximate surface area is 102 Å². The molecule has 0 aliphatic heterocycles. The Kier molecular flexibility index (Phi) is 3.43. The van der Waals surface area contributed by atoms with Crippen LogP contribution in [0, 0.1) is 6.92 Å². The van der Waals surface area contributed by atoms with Crippen molar-refractivity contribution in [3.05, 3.63) is 46.8 Å². The first kappa shape index (κ1) is 11.8. The van der Waals surface area contributed by atoms with Gasteiger partial charge in [-0.15, -0.1) is 18.5 Å². The summed E-state index contributed by atoms with van der Waals surface area (Å²) in [5.41, 5.74) is 2.65. The van der Waals surface area contributed by atoms with Gasteiger partial charge in [-0.2, -0.15) is 0 Å². The highest BCUT2D eigenvalue weighted by molar-refractivity contribution is 7.27. The second-order valence-electron chi connectivity index (χ2n) is 4.15. The van der Waals surface area contributed by atoms with Crippen molar-refractivity contribution in [3.8, 4) is 0 Å². The Morgan fingerprint density at radius 1 is 1.19 bits per heavy atom. The van der Waals surface area contributed by atoms with Crippen LogP contribution in [-0.4, -0.2) is 0 Å². The molecule has 0 amide bonds. The second kappa shape index (κ2) is 4.66. The molecule has 2 atom stereocenters. The Bertz CT molecular complexity index is 564. The maximum Gasteiger partial charge on any atom is -0.0148 e. The van der Waals surface area contributed by atoms with Crippen molar-refractivity contribution in [2.75, 3.05) is 0 Å². The summed E-state index contributed by atoms with van der Waals surface area (Å²) in [7, 11) is 5.47. The SMILES string of the molecule is C/C(P)=C\c1ccc2cc(P)ccc2c1C. The molecule has 0 N–H and O–H groups in total. The Morgan fingerprint density at radius 2 is 1.94 bits per heavy atom. The number of hydrogen-bond acceptors (Lipinski definition) is 0. The predicted octanol–water partition coefficient (Wildman–Crippen LogP) is 3.88. The van der Waals surface area contributed by atoms with E-state index >= 15 is 0 Å². The molecule has 0 aliphatic carbocycles. The average Bonchev–Trinajstić information content (AvgIpc) is 2.22. The molecule has 0 heterocycles. The van der Waals surface area contributed by atoms with Crippen LogP contribution in [0.15, 0.2) is 35.6 Å². The first-order valence-electron chi connectivity index (χ1n) is 5.30. The van der Waals surface area contributed by atoms with Gasteiger partial charge in [0.2, 0.25) is 0 Å². The molecule has 0 spiro atoms. The van der Waals surface area contributed by atoms with E-state index in [-0.39, 0.29) is 0 Å². The molecular formula is C14H16P2. The van der Waals surface area contributed by atoms with E-state index in [2.05, 4.69) is 68.7 Å². The Balaban J connectivity index is 2.70. The van der Waals surface area contributed by atoms with Crippen LogP contribution >= 0.6 is 18.5 Å². The number of aryl methyl sites for hydroxylation is 1. The summed E-state index contributed by atoms with van der Waals surface area (Å²) in [6.45, 7) is 4.28. The third-order valence-electron chi connectivity index (χ3n) is 2.74. The molecule has 0 radical (unpaired) electrons. The van der Waals surface area contributed by atoms with Crippen LogP contribution in [0.5, 0.6) is 0 Å². The van der Waals surface area contributed by atoms with Crippen molar-refractivity contribution < 1.29 is 0 Å². The van der Waals surface area contributed by atoms with E-state index in [0.717, 1.165) is 0 Å². The van der Waals surface area contributed by atoms with Crippen LogP contribution in [0.2, 0.25) is 0 Å². The molecule has 0 saturated carbocycles. The quantitative estimate of drug-likeness (QED) is 0.670. The van der Waals surface area contributed by atoms with Crippen molar-refractivity contribution in [2.24, 2.45) is 0 Å². The molecule has 2 unspecified atom stereocenters. The lowest BCUT2D eigenvalue weighted by Gasteiger charge is -2.07. The maximum atomic E-state index is 2.74. The highest BCUT2D eigenvalue weighted by atomic mass is 31.0. The summed E-state index contributed by atoms with van der Waals surface area (Å²) in [4.78, 5) is 0. The van der Waals surface area contributed by atoms with Gasteiger partial charge in [-0.05, 0) is 47.1 Å². The van der Waals surface area contributed by atoms with Crippen molar-refractivity contribution in [1.29, 1.82) is 0 Å². The fourth-order valence-electron chi connectivity index (χ4n) is 1.92. The van der Waals surface area contributed by atoms with E-state index in [1.807, 2.05) is 0 Å². The van der Waals surface area contributed by atoms with E-state index in [0.29, 0.717) is 0 Å². The largest absolute Gasteiger partial charge is 0.110 e. The number of rotatable bonds is 1. The zero-order chi connectivity index (χ0) is 11.7. The van der Waals surface area contributed by atoms with Gasteiger partial charge in [-0.25, -0.2) is 0 Å². The third kappa shape index (κ3) is 2.34. The third-order valence-corrected chi connectivity index (χ3v) is 3.26. The number of allylic oxidation sites excluding steroid dienone is 1. The van der Waals surface area contributed by atoms with Gasteiger partial charge in [0.15, 0.2) is 0 Å². The molecule has 2 aromatic rings. The van der Waals surface area contributed by atoms with Crippen molar-refractivity contribution in [1.82, 2.24) is 0 Å². The Hall–Kier alpha value is -0.700. The smallest absolute Gasteiger partial charge is 0.0148 e. The maximum absolute atomic E-state index is 2.74. The van der Waals surface area contributed by atoms with Crippen molar-refractivity contribution >= 4 is 40.6 Å². The fourth-order valence-corrected chi connectivity index (χ4v) is 2.38. The molecule has 0 bridgehead atoms. The zero-order valence-electron chi connectivity index (χ0n) is 9.62. The van der Waals surface area contributed by atoms with Gasteiger partial charge in [0, 0.05) is 0 Å². The predicted molar refractivity (Wildman–Crippen MR) is 81.4 cm³/mol. The molecule has 2 rings (SSSR count). The average molecular weight is 246 g/mol. The van der Waals surface area contributed by atoms with E-state index in [9.17, 15) is 0 Å². The van der Waals surface area contributed by atoms with Gasteiger partial charge >= 0.3 is 0 Å². The summed E-state index contributed by atoms with van der Waals surface area (Å²) in [5.74, 6) is 0. The molecule has 2 heteroatoms. The lowest BCUT2D eigenvalue weighted by Crippen LogP contribution is -1.91. The number of fused-ring (bicyclic) bond motifs is 1. The lowest BCUT2D eigenvalue weighted by molar-refractivity contribution is 1.49. The number of hydrogen-bond donors (Lipinski definition) is 0. The molecule has 82 valence electrons. The van der Waals surface area contributed by atoms with Crippen LogP contribution in [0.4, 0.5) is 0 Å². The summed E-state index contributed by atoms with van der Waals surface area (Å²) in [5, 5.41) is 5.14. The molecule has 2 aromatic carbocycles. The van der Waals surface area contributed by atoms with Gasteiger partial charge < -0.3 is 0 Å². The van der Waals surface area contributed by atoms with Crippen LogP contribution in [-0.2, 0) is 0 Å². The van der Waals surface area contributed by atoms with Gasteiger partial charge in [-0.1, -0.05) is 35.7 Å². The summed E-state index contributed by atoms with van der Waals surface area (Å²) >= 11 is 0. The molecule has 0 fully saturated rings. The van der Waals surface area contributed by atoms with Crippen molar-refractivity contribution in [2.45, 2.75) is 13.8 Å². The normalized spacial score (nSPS) is 12.1. The van der Waals surface area contributed by atoms with E-state index in [1.165, 1.54) is 32.5 Å². The van der Waals surface area contributed by atoms with Gasteiger partial charge in [-0.3, -0.25) is 0 Å². The summed E-state index contributed by atoms with van der Waals surface area (Å²) in [6.07, 6.45) is 2.20. The minimum absolute atomic E-state index is 1.23. The Morgan fingerprint density at radius 3 is 2.62 bits per heavy atom. The number of benzene rings is 2. The molecule has 0 aliphatic rings. The van der Waals surface area contributed by atoms with E-state index < -0.39 is 0 Å². The minimum atomic E-state index is 1.23. The molecule has 16 heavy (non-hydrogen) atoms. The topological polar surface area (TPSA) is 0 Å². The highest BCUT2D eigenvalue weighted by Crippen LogP contribution is 2.24. The van der Waals surface area contributed by atoms with Crippen LogP contribution in [0.3, 0.4) is 0 Å².